The average Bonchev–Trinajstić information content (AvgIpc) is 3.14. The van der Waals surface area contributed by atoms with Crippen LogP contribution >= 0.6 is 0 Å². The van der Waals surface area contributed by atoms with Crippen molar-refractivity contribution >= 4 is 0 Å². The van der Waals surface area contributed by atoms with Crippen molar-refractivity contribution in [2.45, 2.75) is 19.5 Å². The summed E-state index contributed by atoms with van der Waals surface area (Å²) in [6.45, 7) is 9.60. The van der Waals surface area contributed by atoms with Crippen LogP contribution in [-0.2, 0) is 6.54 Å². The Kier molecular flexibility index (Phi) is 5.86. The van der Waals surface area contributed by atoms with Gasteiger partial charge in [-0.2, -0.15) is 0 Å². The monoisotopic (exact) mass is 313 g/mol. The van der Waals surface area contributed by atoms with Crippen LogP contribution in [0.1, 0.15) is 24.3 Å². The summed E-state index contributed by atoms with van der Waals surface area (Å²) in [5, 5.41) is 3.43. The topological polar surface area (TPSA) is 31.6 Å². The fourth-order valence-electron chi connectivity index (χ4n) is 3.26. The SMILES string of the molecule is CCN(Cc1ccccc1)C(CN1CCNCC1)c1ccco1. The van der Waals surface area contributed by atoms with Crippen molar-refractivity contribution in [1.29, 1.82) is 0 Å². The lowest BCUT2D eigenvalue weighted by Gasteiger charge is -2.35. The number of nitrogens with one attached hydrogen (secondary N) is 1. The summed E-state index contributed by atoms with van der Waals surface area (Å²) in [7, 11) is 0. The summed E-state index contributed by atoms with van der Waals surface area (Å²) in [5.74, 6) is 1.07. The third-order valence-electron chi connectivity index (χ3n) is 4.59. The molecule has 1 aromatic heterocycles. The Bertz CT molecular complexity index is 549. The van der Waals surface area contributed by atoms with E-state index >= 15 is 0 Å². The molecule has 0 saturated carbocycles. The van der Waals surface area contributed by atoms with Crippen LogP contribution < -0.4 is 5.32 Å². The molecule has 0 aliphatic carbocycles. The number of likely N-dealkylation sites (N-methyl/N-ethyl adjacent to an activating group) is 1. The maximum atomic E-state index is 5.77. The summed E-state index contributed by atoms with van der Waals surface area (Å²) in [6.07, 6.45) is 1.79. The fraction of sp³-hybridized carbons (Fsp3) is 0.474. The van der Waals surface area contributed by atoms with Gasteiger partial charge in [0.2, 0.25) is 0 Å². The molecule has 23 heavy (non-hydrogen) atoms. The van der Waals surface area contributed by atoms with Gasteiger partial charge in [-0.3, -0.25) is 9.80 Å². The number of benzene rings is 1. The first kappa shape index (κ1) is 16.2. The van der Waals surface area contributed by atoms with E-state index in [4.69, 9.17) is 4.42 Å². The van der Waals surface area contributed by atoms with E-state index in [-0.39, 0.29) is 0 Å². The summed E-state index contributed by atoms with van der Waals surface area (Å²) in [6, 6.07) is 15.1. The Hall–Kier alpha value is -1.62. The van der Waals surface area contributed by atoms with E-state index in [0.717, 1.165) is 51.6 Å². The maximum absolute atomic E-state index is 5.77. The highest BCUT2D eigenvalue weighted by atomic mass is 16.3. The number of piperazine rings is 1. The van der Waals surface area contributed by atoms with E-state index in [0.29, 0.717) is 6.04 Å². The number of hydrogen-bond acceptors (Lipinski definition) is 4. The second-order valence-corrected chi connectivity index (χ2v) is 6.13. The molecule has 4 nitrogen and oxygen atoms in total. The zero-order valence-electron chi connectivity index (χ0n) is 13.9. The van der Waals surface area contributed by atoms with Gasteiger partial charge in [-0.05, 0) is 24.2 Å². The largest absolute Gasteiger partial charge is 0.468 e. The first-order valence-electron chi connectivity index (χ1n) is 8.61. The van der Waals surface area contributed by atoms with Gasteiger partial charge in [0.15, 0.2) is 0 Å². The predicted molar refractivity (Wildman–Crippen MR) is 93.3 cm³/mol. The molecule has 2 aromatic rings. The van der Waals surface area contributed by atoms with Crippen molar-refractivity contribution in [3.8, 4) is 0 Å². The van der Waals surface area contributed by atoms with Crippen molar-refractivity contribution in [3.05, 3.63) is 60.1 Å². The first-order valence-corrected chi connectivity index (χ1v) is 8.61. The van der Waals surface area contributed by atoms with Crippen LogP contribution in [-0.4, -0.2) is 49.1 Å². The molecular weight excluding hydrogens is 286 g/mol. The predicted octanol–water partition coefficient (Wildman–Crippen LogP) is 2.75. The molecule has 1 unspecified atom stereocenters. The lowest BCUT2D eigenvalue weighted by molar-refractivity contribution is 0.113. The van der Waals surface area contributed by atoms with Gasteiger partial charge in [-0.15, -0.1) is 0 Å². The molecular formula is C19H27N3O. The molecule has 0 bridgehead atoms. The minimum absolute atomic E-state index is 0.299. The summed E-state index contributed by atoms with van der Waals surface area (Å²) in [4.78, 5) is 5.05. The molecule has 124 valence electrons. The number of hydrogen-bond donors (Lipinski definition) is 1. The van der Waals surface area contributed by atoms with Gasteiger partial charge in [0.1, 0.15) is 5.76 Å². The smallest absolute Gasteiger partial charge is 0.122 e. The molecule has 2 heterocycles. The summed E-state index contributed by atoms with van der Waals surface area (Å²) < 4.78 is 5.77. The van der Waals surface area contributed by atoms with E-state index in [1.807, 2.05) is 6.07 Å². The van der Waals surface area contributed by atoms with Crippen molar-refractivity contribution in [2.24, 2.45) is 0 Å². The van der Waals surface area contributed by atoms with Crippen molar-refractivity contribution in [2.75, 3.05) is 39.3 Å². The van der Waals surface area contributed by atoms with Gasteiger partial charge >= 0.3 is 0 Å². The highest BCUT2D eigenvalue weighted by Crippen LogP contribution is 2.24. The zero-order valence-corrected chi connectivity index (χ0v) is 13.9. The van der Waals surface area contributed by atoms with Crippen LogP contribution in [0, 0.1) is 0 Å². The molecule has 4 heteroatoms. The summed E-state index contributed by atoms with van der Waals surface area (Å²) >= 11 is 0. The molecule has 0 radical (unpaired) electrons. The fourth-order valence-corrected chi connectivity index (χ4v) is 3.26. The van der Waals surface area contributed by atoms with Gasteiger partial charge in [0.25, 0.3) is 0 Å². The summed E-state index contributed by atoms with van der Waals surface area (Å²) in [5.41, 5.74) is 1.35. The molecule has 0 amide bonds. The minimum atomic E-state index is 0.299. The van der Waals surface area contributed by atoms with Gasteiger partial charge in [-0.25, -0.2) is 0 Å². The Morgan fingerprint density at radius 3 is 2.57 bits per heavy atom. The van der Waals surface area contributed by atoms with Crippen LogP contribution in [0.25, 0.3) is 0 Å². The van der Waals surface area contributed by atoms with E-state index in [2.05, 4.69) is 58.4 Å². The van der Waals surface area contributed by atoms with Gasteiger partial charge in [0.05, 0.1) is 12.3 Å². The molecule has 1 aliphatic rings. The molecule has 1 aromatic carbocycles. The van der Waals surface area contributed by atoms with Gasteiger partial charge in [-0.1, -0.05) is 37.3 Å². The Morgan fingerprint density at radius 1 is 1.13 bits per heavy atom. The highest BCUT2D eigenvalue weighted by molar-refractivity contribution is 5.15. The number of rotatable bonds is 7. The van der Waals surface area contributed by atoms with Crippen LogP contribution in [0.4, 0.5) is 0 Å². The Morgan fingerprint density at radius 2 is 1.91 bits per heavy atom. The number of furan rings is 1. The van der Waals surface area contributed by atoms with Crippen LogP contribution in [0.5, 0.6) is 0 Å². The normalized spacial score (nSPS) is 17.5. The van der Waals surface area contributed by atoms with Crippen molar-refractivity contribution < 1.29 is 4.42 Å². The quantitative estimate of drug-likeness (QED) is 0.852. The molecule has 1 fully saturated rings. The molecule has 1 N–H and O–H groups in total. The van der Waals surface area contributed by atoms with Gasteiger partial charge < -0.3 is 9.73 Å². The van der Waals surface area contributed by atoms with Gasteiger partial charge in [0, 0.05) is 39.3 Å². The first-order chi connectivity index (χ1) is 11.4. The van der Waals surface area contributed by atoms with Crippen LogP contribution in [0.3, 0.4) is 0 Å². The average molecular weight is 313 g/mol. The molecule has 0 spiro atoms. The van der Waals surface area contributed by atoms with Crippen molar-refractivity contribution in [1.82, 2.24) is 15.1 Å². The van der Waals surface area contributed by atoms with Crippen LogP contribution in [0.2, 0.25) is 0 Å². The lowest BCUT2D eigenvalue weighted by atomic mass is 10.1. The number of nitrogens with zero attached hydrogens (tertiary/aromatic N) is 2. The maximum Gasteiger partial charge on any atom is 0.122 e. The van der Waals surface area contributed by atoms with E-state index in [9.17, 15) is 0 Å². The molecule has 1 saturated heterocycles. The molecule has 1 aliphatic heterocycles. The Balaban J connectivity index is 1.75. The zero-order chi connectivity index (χ0) is 15.9. The minimum Gasteiger partial charge on any atom is -0.468 e. The lowest BCUT2D eigenvalue weighted by Crippen LogP contribution is -2.47. The Labute approximate surface area is 139 Å². The second kappa shape index (κ2) is 8.29. The van der Waals surface area contributed by atoms with Crippen molar-refractivity contribution in [3.63, 3.8) is 0 Å². The van der Waals surface area contributed by atoms with E-state index < -0.39 is 0 Å². The molecule has 3 rings (SSSR count). The van der Waals surface area contributed by atoms with Crippen LogP contribution in [0.15, 0.2) is 53.1 Å². The third-order valence-corrected chi connectivity index (χ3v) is 4.59. The molecule has 1 atom stereocenters. The van der Waals surface area contributed by atoms with E-state index in [1.54, 1.807) is 6.26 Å². The second-order valence-electron chi connectivity index (χ2n) is 6.13. The standard InChI is InChI=1S/C19H27N3O/c1-2-22(15-17-7-4-3-5-8-17)18(19-9-6-14-23-19)16-21-12-10-20-11-13-21/h3-9,14,18,20H,2,10-13,15-16H2,1H3. The highest BCUT2D eigenvalue weighted by Gasteiger charge is 2.25. The third kappa shape index (κ3) is 4.44. The van der Waals surface area contributed by atoms with E-state index in [1.165, 1.54) is 5.56 Å².